The van der Waals surface area contributed by atoms with E-state index in [4.69, 9.17) is 9.47 Å². The Morgan fingerprint density at radius 2 is 1.96 bits per heavy atom. The van der Waals surface area contributed by atoms with E-state index in [0.29, 0.717) is 29.4 Å². The molecule has 1 aromatic heterocycles. The minimum Gasteiger partial charge on any atom is -0.454 e. The molecule has 132 valence electrons. The fourth-order valence-corrected chi connectivity index (χ4v) is 3.08. The molecule has 0 aliphatic carbocycles. The summed E-state index contributed by atoms with van der Waals surface area (Å²) >= 11 is 3.45. The van der Waals surface area contributed by atoms with E-state index < -0.39 is 0 Å². The first kappa shape index (κ1) is 16.7. The van der Waals surface area contributed by atoms with E-state index in [0.717, 1.165) is 10.0 Å². The molecule has 2 heterocycles. The van der Waals surface area contributed by atoms with Crippen molar-refractivity contribution in [3.8, 4) is 11.5 Å². The molecule has 0 bridgehead atoms. The molecule has 3 aromatic rings. The molecule has 1 N–H and O–H groups in total. The topological polar surface area (TPSA) is 65.4 Å². The highest BCUT2D eigenvalue weighted by Crippen LogP contribution is 2.32. The maximum absolute atomic E-state index is 12.5. The number of fused-ring (bicyclic) bond motifs is 1. The van der Waals surface area contributed by atoms with Gasteiger partial charge in [0.1, 0.15) is 0 Å². The van der Waals surface area contributed by atoms with Gasteiger partial charge in [0.15, 0.2) is 17.3 Å². The average Bonchev–Trinajstić information content (AvgIpc) is 3.23. The van der Waals surface area contributed by atoms with Gasteiger partial charge in [-0.25, -0.2) is 0 Å². The summed E-state index contributed by atoms with van der Waals surface area (Å²) in [6.07, 6.45) is 1.84. The summed E-state index contributed by atoms with van der Waals surface area (Å²) in [5, 5.41) is 7.27. The van der Waals surface area contributed by atoms with Gasteiger partial charge in [-0.1, -0.05) is 29.8 Å². The molecule has 0 radical (unpaired) electrons. The van der Waals surface area contributed by atoms with Gasteiger partial charge in [0.2, 0.25) is 6.79 Å². The zero-order valence-electron chi connectivity index (χ0n) is 14.0. The van der Waals surface area contributed by atoms with Crippen LogP contribution in [0.4, 0.5) is 5.82 Å². The second-order valence-corrected chi connectivity index (χ2v) is 6.89. The minimum absolute atomic E-state index is 0.176. The highest BCUT2D eigenvalue weighted by atomic mass is 79.9. The van der Waals surface area contributed by atoms with Gasteiger partial charge in [-0.05, 0) is 46.6 Å². The van der Waals surface area contributed by atoms with Gasteiger partial charge < -0.3 is 14.8 Å². The van der Waals surface area contributed by atoms with Gasteiger partial charge in [-0.2, -0.15) is 5.10 Å². The molecule has 0 atom stereocenters. The molecule has 0 spiro atoms. The molecule has 6 nitrogen and oxygen atoms in total. The molecule has 0 unspecified atom stereocenters. The van der Waals surface area contributed by atoms with Crippen LogP contribution in [0.25, 0.3) is 0 Å². The molecule has 0 saturated heterocycles. The first-order chi connectivity index (χ1) is 12.6. The first-order valence-electron chi connectivity index (χ1n) is 8.08. The summed E-state index contributed by atoms with van der Waals surface area (Å²) in [5.74, 6) is 1.43. The molecule has 7 heteroatoms. The van der Waals surface area contributed by atoms with E-state index in [-0.39, 0.29) is 12.7 Å². The van der Waals surface area contributed by atoms with Crippen LogP contribution in [0, 0.1) is 6.92 Å². The summed E-state index contributed by atoms with van der Waals surface area (Å²) < 4.78 is 13.1. The lowest BCUT2D eigenvalue weighted by Gasteiger charge is -2.04. The summed E-state index contributed by atoms with van der Waals surface area (Å²) in [6, 6.07) is 13.3. The van der Waals surface area contributed by atoms with Crippen molar-refractivity contribution in [2.45, 2.75) is 13.5 Å². The molecule has 1 aliphatic rings. The zero-order chi connectivity index (χ0) is 18.1. The number of hydrogen-bond donors (Lipinski definition) is 1. The van der Waals surface area contributed by atoms with Crippen LogP contribution in [-0.2, 0) is 6.54 Å². The van der Waals surface area contributed by atoms with Crippen molar-refractivity contribution >= 4 is 27.7 Å². The number of anilines is 1. The summed E-state index contributed by atoms with van der Waals surface area (Å²) in [7, 11) is 0. The van der Waals surface area contributed by atoms with Crippen LogP contribution in [0.5, 0.6) is 11.5 Å². The molecule has 4 rings (SSSR count). The molecule has 0 saturated carbocycles. The van der Waals surface area contributed by atoms with Crippen molar-refractivity contribution in [3.05, 3.63) is 69.8 Å². The van der Waals surface area contributed by atoms with Crippen LogP contribution < -0.4 is 14.8 Å². The lowest BCUT2D eigenvalue weighted by atomic mass is 10.1. The maximum Gasteiger partial charge on any atom is 0.257 e. The highest BCUT2D eigenvalue weighted by Gasteiger charge is 2.18. The Labute approximate surface area is 158 Å². The number of nitrogens with zero attached hydrogens (tertiary/aromatic N) is 2. The number of benzene rings is 2. The normalized spacial score (nSPS) is 12.2. The number of aryl methyl sites for hydroxylation is 1. The molecule has 1 amide bonds. The monoisotopic (exact) mass is 413 g/mol. The Kier molecular flexibility index (Phi) is 4.38. The number of rotatable bonds is 4. The molecular formula is C19H16BrN3O3. The predicted molar refractivity (Wildman–Crippen MR) is 101 cm³/mol. The second kappa shape index (κ2) is 6.84. The third-order valence-corrected chi connectivity index (χ3v) is 4.63. The molecular weight excluding hydrogens is 398 g/mol. The van der Waals surface area contributed by atoms with Gasteiger partial charge in [0.25, 0.3) is 5.91 Å². The quantitative estimate of drug-likeness (QED) is 0.702. The average molecular weight is 414 g/mol. The van der Waals surface area contributed by atoms with Crippen LogP contribution in [-0.4, -0.2) is 22.5 Å². The number of ether oxygens (including phenoxy) is 2. The van der Waals surface area contributed by atoms with Gasteiger partial charge >= 0.3 is 0 Å². The Bertz CT molecular complexity index is 967. The van der Waals surface area contributed by atoms with Crippen molar-refractivity contribution in [1.82, 2.24) is 9.78 Å². The largest absolute Gasteiger partial charge is 0.454 e. The van der Waals surface area contributed by atoms with Gasteiger partial charge in [0, 0.05) is 11.8 Å². The van der Waals surface area contributed by atoms with Crippen molar-refractivity contribution < 1.29 is 14.3 Å². The third-order valence-electron chi connectivity index (χ3n) is 4.05. The SMILES string of the molecule is Cc1ccc(Cn2cc(Br)c(NC(=O)c3ccc4c(c3)OCO4)n2)cc1. The lowest BCUT2D eigenvalue weighted by molar-refractivity contribution is 0.102. The van der Waals surface area contributed by atoms with Crippen molar-refractivity contribution in [1.29, 1.82) is 0 Å². The van der Waals surface area contributed by atoms with E-state index in [2.05, 4.69) is 57.5 Å². The Morgan fingerprint density at radius 3 is 2.77 bits per heavy atom. The number of carbonyl (C=O) groups is 1. The molecule has 2 aromatic carbocycles. The number of aromatic nitrogens is 2. The lowest BCUT2D eigenvalue weighted by Crippen LogP contribution is -2.13. The fourth-order valence-electron chi connectivity index (χ4n) is 2.66. The van der Waals surface area contributed by atoms with Crippen LogP contribution in [0.1, 0.15) is 21.5 Å². The molecule has 26 heavy (non-hydrogen) atoms. The standard InChI is InChI=1S/C19H16BrN3O3/c1-12-2-4-13(5-3-12)9-23-10-15(20)18(22-23)21-19(24)14-6-7-16-17(8-14)26-11-25-16/h2-8,10H,9,11H2,1H3,(H,21,22,24). The van der Waals surface area contributed by atoms with E-state index in [1.165, 1.54) is 5.56 Å². The smallest absolute Gasteiger partial charge is 0.257 e. The fraction of sp³-hybridized carbons (Fsp3) is 0.158. The number of amides is 1. The number of halogens is 1. The van der Waals surface area contributed by atoms with E-state index in [1.54, 1.807) is 22.9 Å². The van der Waals surface area contributed by atoms with Crippen molar-refractivity contribution in [3.63, 3.8) is 0 Å². The predicted octanol–water partition coefficient (Wildman–Crippen LogP) is 3.98. The third kappa shape index (κ3) is 3.43. The van der Waals surface area contributed by atoms with Crippen molar-refractivity contribution in [2.24, 2.45) is 0 Å². The Hall–Kier alpha value is -2.80. The number of nitrogens with one attached hydrogen (secondary N) is 1. The first-order valence-corrected chi connectivity index (χ1v) is 8.87. The van der Waals surface area contributed by atoms with Gasteiger partial charge in [-0.3, -0.25) is 9.48 Å². The Balaban J connectivity index is 1.48. The summed E-state index contributed by atoms with van der Waals surface area (Å²) in [5.41, 5.74) is 2.83. The summed E-state index contributed by atoms with van der Waals surface area (Å²) in [6.45, 7) is 2.85. The number of hydrogen-bond acceptors (Lipinski definition) is 4. The van der Waals surface area contributed by atoms with Gasteiger partial charge in [0.05, 0.1) is 11.0 Å². The molecule has 0 fully saturated rings. The van der Waals surface area contributed by atoms with E-state index >= 15 is 0 Å². The van der Waals surface area contributed by atoms with Crippen LogP contribution in [0.15, 0.2) is 53.1 Å². The highest BCUT2D eigenvalue weighted by molar-refractivity contribution is 9.10. The van der Waals surface area contributed by atoms with Crippen molar-refractivity contribution in [2.75, 3.05) is 12.1 Å². The Morgan fingerprint density at radius 1 is 1.19 bits per heavy atom. The maximum atomic E-state index is 12.5. The van der Waals surface area contributed by atoms with E-state index in [9.17, 15) is 4.79 Å². The second-order valence-electron chi connectivity index (χ2n) is 6.03. The van der Waals surface area contributed by atoms with Crippen LogP contribution in [0.2, 0.25) is 0 Å². The van der Waals surface area contributed by atoms with Crippen LogP contribution >= 0.6 is 15.9 Å². The molecule has 1 aliphatic heterocycles. The number of carbonyl (C=O) groups excluding carboxylic acids is 1. The van der Waals surface area contributed by atoms with Crippen LogP contribution in [0.3, 0.4) is 0 Å². The summed E-state index contributed by atoms with van der Waals surface area (Å²) in [4.78, 5) is 12.5. The van der Waals surface area contributed by atoms with E-state index in [1.807, 2.05) is 6.20 Å². The van der Waals surface area contributed by atoms with Gasteiger partial charge in [-0.15, -0.1) is 0 Å². The zero-order valence-corrected chi connectivity index (χ0v) is 15.6. The minimum atomic E-state index is -0.260.